The molecule has 38 heavy (non-hydrogen) atoms. The van der Waals surface area contributed by atoms with E-state index in [0.717, 1.165) is 44.6 Å². The van der Waals surface area contributed by atoms with E-state index in [2.05, 4.69) is 93.4 Å². The Kier molecular flexibility index (Phi) is 7.36. The number of fused-ring (bicyclic) bond motifs is 5. The molecule has 0 amide bonds. The second-order valence-electron chi connectivity index (χ2n) is 10.2. The minimum absolute atomic E-state index is 0.323. The Balaban J connectivity index is 1.21. The Bertz CT molecular complexity index is 1610. The first kappa shape index (κ1) is 25.0. The van der Waals surface area contributed by atoms with E-state index in [1.54, 1.807) is 0 Å². The van der Waals surface area contributed by atoms with Gasteiger partial charge in [0, 0.05) is 26.1 Å². The lowest BCUT2D eigenvalue weighted by atomic mass is 9.94. The molecule has 2 heterocycles. The zero-order valence-electron chi connectivity index (χ0n) is 21.8. The van der Waals surface area contributed by atoms with Crippen molar-refractivity contribution in [3.63, 3.8) is 0 Å². The molecule has 0 radical (unpaired) electrons. The minimum atomic E-state index is -0.323. The van der Waals surface area contributed by atoms with Gasteiger partial charge in [0.2, 0.25) is 0 Å². The van der Waals surface area contributed by atoms with Crippen molar-refractivity contribution >= 4 is 49.6 Å². The van der Waals surface area contributed by atoms with Crippen molar-refractivity contribution in [3.05, 3.63) is 84.1 Å². The van der Waals surface area contributed by atoms with E-state index in [1.807, 2.05) is 0 Å². The zero-order chi connectivity index (χ0) is 25.9. The van der Waals surface area contributed by atoms with E-state index in [-0.39, 0.29) is 6.10 Å². The summed E-state index contributed by atoms with van der Waals surface area (Å²) in [5.41, 5.74) is 3.36. The van der Waals surface area contributed by atoms with E-state index in [9.17, 15) is 5.11 Å². The number of ether oxygens (including phenoxy) is 1. The Morgan fingerprint density at radius 2 is 1.68 bits per heavy atom. The molecule has 5 aromatic rings. The molecule has 5 nitrogen and oxygen atoms in total. The van der Waals surface area contributed by atoms with Crippen LogP contribution in [0.25, 0.3) is 37.9 Å². The maximum absolute atomic E-state index is 10.0. The molecule has 1 aliphatic heterocycles. The molecule has 194 valence electrons. The molecule has 0 spiro atoms. The van der Waals surface area contributed by atoms with E-state index in [4.69, 9.17) is 4.74 Å². The highest BCUT2D eigenvalue weighted by atomic mass is 32.1. The lowest BCUT2D eigenvalue weighted by molar-refractivity contribution is 0.129. The molecule has 1 aliphatic rings. The SMILES string of the molecule is CCCC(O)CCOc1nsnc1C1=CCCN(Cc2cccc3c2ccc2c4ccccc4ccc32)C1. The van der Waals surface area contributed by atoms with Gasteiger partial charge in [-0.25, -0.2) is 0 Å². The maximum atomic E-state index is 10.0. The third-order valence-corrected chi connectivity index (χ3v) is 8.08. The third kappa shape index (κ3) is 5.04. The smallest absolute Gasteiger partial charge is 0.253 e. The Morgan fingerprint density at radius 3 is 2.61 bits per heavy atom. The number of aliphatic hydroxyl groups excluding tert-OH is 1. The molecule has 0 bridgehead atoms. The third-order valence-electron chi connectivity index (χ3n) is 7.57. The fourth-order valence-corrected chi connectivity index (χ4v) is 6.18. The van der Waals surface area contributed by atoms with Gasteiger partial charge in [-0.05, 0) is 56.3 Å². The molecule has 0 saturated heterocycles. The van der Waals surface area contributed by atoms with Crippen LogP contribution in [0.2, 0.25) is 0 Å². The van der Waals surface area contributed by atoms with Crippen LogP contribution in [0.15, 0.2) is 72.8 Å². The first-order valence-electron chi connectivity index (χ1n) is 13.6. The molecule has 6 heteroatoms. The Hall–Kier alpha value is -3.32. The van der Waals surface area contributed by atoms with Crippen molar-refractivity contribution in [3.8, 4) is 5.88 Å². The molecule has 4 aromatic carbocycles. The van der Waals surface area contributed by atoms with Gasteiger partial charge < -0.3 is 9.84 Å². The van der Waals surface area contributed by atoms with Crippen LogP contribution in [-0.4, -0.2) is 44.6 Å². The summed E-state index contributed by atoms with van der Waals surface area (Å²) in [6.45, 7) is 5.24. The van der Waals surface area contributed by atoms with Crippen LogP contribution >= 0.6 is 11.7 Å². The molecule has 0 fully saturated rings. The van der Waals surface area contributed by atoms with Crippen molar-refractivity contribution in [2.24, 2.45) is 0 Å². The highest BCUT2D eigenvalue weighted by molar-refractivity contribution is 6.99. The second-order valence-corrected chi connectivity index (χ2v) is 10.7. The topological polar surface area (TPSA) is 58.5 Å². The number of hydrogen-bond acceptors (Lipinski definition) is 6. The minimum Gasteiger partial charge on any atom is -0.475 e. The molecule has 6 rings (SSSR count). The molecule has 0 saturated carbocycles. The first-order valence-corrected chi connectivity index (χ1v) is 14.3. The second kappa shape index (κ2) is 11.2. The largest absolute Gasteiger partial charge is 0.475 e. The summed E-state index contributed by atoms with van der Waals surface area (Å²) in [6, 6.07) is 24.4. The summed E-state index contributed by atoms with van der Waals surface area (Å²) in [6.07, 6.45) is 5.30. The lowest BCUT2D eigenvalue weighted by Crippen LogP contribution is -2.29. The van der Waals surface area contributed by atoms with Crippen molar-refractivity contribution in [2.75, 3.05) is 19.7 Å². The fraction of sp³-hybridized carbons (Fsp3) is 0.312. The van der Waals surface area contributed by atoms with Crippen LogP contribution in [-0.2, 0) is 6.54 Å². The normalized spacial score (nSPS) is 15.3. The van der Waals surface area contributed by atoms with Crippen LogP contribution in [0.1, 0.15) is 43.9 Å². The predicted molar refractivity (Wildman–Crippen MR) is 158 cm³/mol. The molecule has 0 aliphatic carbocycles. The molecule has 1 aromatic heterocycles. The van der Waals surface area contributed by atoms with E-state index in [0.29, 0.717) is 18.9 Å². The van der Waals surface area contributed by atoms with Crippen LogP contribution in [0.4, 0.5) is 0 Å². The summed E-state index contributed by atoms with van der Waals surface area (Å²) in [7, 11) is 0. The summed E-state index contributed by atoms with van der Waals surface area (Å²) in [4.78, 5) is 2.49. The number of benzene rings is 4. The van der Waals surface area contributed by atoms with Gasteiger partial charge in [-0.3, -0.25) is 4.90 Å². The summed E-state index contributed by atoms with van der Waals surface area (Å²) < 4.78 is 14.9. The van der Waals surface area contributed by atoms with Crippen molar-refractivity contribution in [1.29, 1.82) is 0 Å². The Morgan fingerprint density at radius 1 is 0.895 bits per heavy atom. The molecular weight excluding hydrogens is 490 g/mol. The standard InChI is InChI=1S/C32H33N3O2S/c1-2-7-25(36)17-19-37-32-31(33-38-34-32)24-10-6-18-35(21-24)20-23-9-5-12-28-27(23)15-16-29-26-11-4-3-8-22(26)13-14-30(28)29/h3-5,8-16,25,36H,2,6-7,17-21H2,1H3. The van der Waals surface area contributed by atoms with Gasteiger partial charge in [-0.15, -0.1) is 4.37 Å². The van der Waals surface area contributed by atoms with Gasteiger partial charge in [0.15, 0.2) is 0 Å². The van der Waals surface area contributed by atoms with Gasteiger partial charge in [0.25, 0.3) is 5.88 Å². The monoisotopic (exact) mass is 523 g/mol. The summed E-state index contributed by atoms with van der Waals surface area (Å²) >= 11 is 1.19. The molecule has 1 N–H and O–H groups in total. The van der Waals surface area contributed by atoms with E-state index < -0.39 is 0 Å². The van der Waals surface area contributed by atoms with E-state index in [1.165, 1.54) is 55.2 Å². The van der Waals surface area contributed by atoms with Crippen molar-refractivity contribution < 1.29 is 9.84 Å². The average Bonchev–Trinajstić information content (AvgIpc) is 3.42. The number of aliphatic hydroxyl groups is 1. The number of nitrogens with zero attached hydrogens (tertiary/aromatic N) is 3. The van der Waals surface area contributed by atoms with Crippen LogP contribution in [0.5, 0.6) is 5.88 Å². The maximum Gasteiger partial charge on any atom is 0.253 e. The van der Waals surface area contributed by atoms with Crippen molar-refractivity contribution in [2.45, 2.75) is 45.3 Å². The van der Waals surface area contributed by atoms with Gasteiger partial charge in [-0.2, -0.15) is 4.37 Å². The van der Waals surface area contributed by atoms with Crippen molar-refractivity contribution in [1.82, 2.24) is 13.6 Å². The number of hydrogen-bond donors (Lipinski definition) is 1. The van der Waals surface area contributed by atoms with Gasteiger partial charge in [0.1, 0.15) is 5.69 Å². The zero-order valence-corrected chi connectivity index (χ0v) is 22.6. The first-order chi connectivity index (χ1) is 18.7. The highest BCUT2D eigenvalue weighted by Crippen LogP contribution is 2.34. The quantitative estimate of drug-likeness (QED) is 0.207. The van der Waals surface area contributed by atoms with E-state index >= 15 is 0 Å². The Labute approximate surface area is 227 Å². The molecule has 1 unspecified atom stereocenters. The number of rotatable bonds is 9. The van der Waals surface area contributed by atoms with Gasteiger partial charge >= 0.3 is 0 Å². The summed E-state index contributed by atoms with van der Waals surface area (Å²) in [5.74, 6) is 0.593. The molecule has 1 atom stereocenters. The van der Waals surface area contributed by atoms with Crippen LogP contribution in [0, 0.1) is 0 Å². The molecular formula is C32H33N3O2S. The van der Waals surface area contributed by atoms with Crippen LogP contribution in [0.3, 0.4) is 0 Å². The van der Waals surface area contributed by atoms with Gasteiger partial charge in [0.05, 0.1) is 24.4 Å². The van der Waals surface area contributed by atoms with Gasteiger partial charge in [-0.1, -0.05) is 86.2 Å². The highest BCUT2D eigenvalue weighted by Gasteiger charge is 2.21. The average molecular weight is 524 g/mol. The van der Waals surface area contributed by atoms with Crippen LogP contribution < -0.4 is 4.74 Å². The fourth-order valence-electron chi connectivity index (χ4n) is 5.65. The lowest BCUT2D eigenvalue weighted by Gasteiger charge is -2.27. The number of aromatic nitrogens is 2. The summed E-state index contributed by atoms with van der Waals surface area (Å²) in [5, 5.41) is 17.8. The predicted octanol–water partition coefficient (Wildman–Crippen LogP) is 7.22.